The molecule has 0 radical (unpaired) electrons. The van der Waals surface area contributed by atoms with Crippen molar-refractivity contribution < 1.29 is 27.9 Å². The fourth-order valence-electron chi connectivity index (χ4n) is 4.58. The molecule has 4 amide bonds. The summed E-state index contributed by atoms with van der Waals surface area (Å²) in [5.74, 6) is -0.604. The summed E-state index contributed by atoms with van der Waals surface area (Å²) < 4.78 is 25.7. The quantitative estimate of drug-likeness (QED) is 0.640. The van der Waals surface area contributed by atoms with E-state index in [1.165, 1.54) is 22.9 Å². The van der Waals surface area contributed by atoms with Crippen molar-refractivity contribution in [2.75, 3.05) is 32.4 Å². The number of imide groups is 1. The molecule has 1 N–H and O–H groups in total. The summed E-state index contributed by atoms with van der Waals surface area (Å²) in [6.45, 7) is 0.303. The summed E-state index contributed by atoms with van der Waals surface area (Å²) in [5.41, 5.74) is -1.07. The standard InChI is InChI=1S/C22H24ClN3O6S/c1-24-20(28)26(19(27)22(24)7-10-25(11-8-22)21(29)30)9-2-12-33(31,32)18-6-4-15-13-17(23)5-3-16(15)14-18/h3-6,13-14H,2,7-12H2,1H3,(H,29,30). The molecule has 176 valence electrons. The van der Waals surface area contributed by atoms with Gasteiger partial charge in [-0.1, -0.05) is 23.7 Å². The number of amides is 4. The average molecular weight is 494 g/mol. The van der Waals surface area contributed by atoms with Gasteiger partial charge in [-0.3, -0.25) is 9.69 Å². The van der Waals surface area contributed by atoms with Gasteiger partial charge in [-0.25, -0.2) is 18.0 Å². The van der Waals surface area contributed by atoms with E-state index in [1.54, 1.807) is 30.3 Å². The lowest BCUT2D eigenvalue weighted by Gasteiger charge is -2.39. The first kappa shape index (κ1) is 23.3. The normalized spacial score (nSPS) is 18.5. The Kier molecular flexibility index (Phi) is 6.00. The first-order valence-corrected chi connectivity index (χ1v) is 12.6. The predicted octanol–water partition coefficient (Wildman–Crippen LogP) is 3.06. The first-order valence-electron chi connectivity index (χ1n) is 10.5. The molecule has 2 aromatic carbocycles. The van der Waals surface area contributed by atoms with Gasteiger partial charge in [0.15, 0.2) is 9.84 Å². The Balaban J connectivity index is 1.43. The lowest BCUT2D eigenvalue weighted by atomic mass is 9.86. The van der Waals surface area contributed by atoms with Crippen LogP contribution in [0.2, 0.25) is 5.02 Å². The highest BCUT2D eigenvalue weighted by Crippen LogP contribution is 2.36. The molecule has 0 aliphatic carbocycles. The van der Waals surface area contributed by atoms with Crippen LogP contribution in [0.15, 0.2) is 41.3 Å². The molecule has 0 aromatic heterocycles. The lowest BCUT2D eigenvalue weighted by Crippen LogP contribution is -2.56. The van der Waals surface area contributed by atoms with Gasteiger partial charge >= 0.3 is 12.1 Å². The van der Waals surface area contributed by atoms with Gasteiger partial charge in [-0.05, 0) is 54.3 Å². The highest BCUT2D eigenvalue weighted by atomic mass is 35.5. The van der Waals surface area contributed by atoms with E-state index in [0.717, 1.165) is 15.7 Å². The number of rotatable bonds is 5. The SMILES string of the molecule is CN1C(=O)N(CCCS(=O)(=O)c2ccc3cc(Cl)ccc3c2)C(=O)C12CCN(C(=O)O)CC2. The number of fused-ring (bicyclic) bond motifs is 1. The number of carbonyl (C=O) groups is 3. The number of likely N-dealkylation sites (N-methyl/N-ethyl adjacent to an activating group) is 1. The van der Waals surface area contributed by atoms with Gasteiger partial charge in [-0.2, -0.15) is 0 Å². The molecular formula is C22H24ClN3O6S. The van der Waals surface area contributed by atoms with Crippen molar-refractivity contribution in [3.63, 3.8) is 0 Å². The molecule has 2 aromatic rings. The summed E-state index contributed by atoms with van der Waals surface area (Å²) in [7, 11) is -2.08. The molecule has 0 bridgehead atoms. The first-order chi connectivity index (χ1) is 15.5. The van der Waals surface area contributed by atoms with Gasteiger partial charge in [0.05, 0.1) is 10.6 Å². The number of nitrogens with zero attached hydrogens (tertiary/aromatic N) is 3. The minimum Gasteiger partial charge on any atom is -0.465 e. The molecule has 11 heteroatoms. The third-order valence-electron chi connectivity index (χ3n) is 6.59. The number of carboxylic acid groups (broad SMARTS) is 1. The Bertz CT molecular complexity index is 1240. The smallest absolute Gasteiger partial charge is 0.407 e. The zero-order valence-corrected chi connectivity index (χ0v) is 19.6. The van der Waals surface area contributed by atoms with Gasteiger partial charge in [-0.15, -0.1) is 0 Å². The molecule has 0 unspecified atom stereocenters. The molecule has 2 saturated heterocycles. The van der Waals surface area contributed by atoms with E-state index in [-0.39, 0.29) is 55.5 Å². The maximum absolute atomic E-state index is 13.1. The van der Waals surface area contributed by atoms with Crippen LogP contribution < -0.4 is 0 Å². The third-order valence-corrected chi connectivity index (χ3v) is 8.63. The largest absolute Gasteiger partial charge is 0.465 e. The molecule has 0 atom stereocenters. The van der Waals surface area contributed by atoms with Crippen molar-refractivity contribution in [3.8, 4) is 0 Å². The number of hydrogen-bond acceptors (Lipinski definition) is 5. The second-order valence-electron chi connectivity index (χ2n) is 8.43. The van der Waals surface area contributed by atoms with Gasteiger partial charge in [0.2, 0.25) is 0 Å². The molecule has 2 aliphatic rings. The van der Waals surface area contributed by atoms with Crippen molar-refractivity contribution in [3.05, 3.63) is 41.4 Å². The van der Waals surface area contributed by atoms with Gasteiger partial charge in [0.25, 0.3) is 5.91 Å². The highest BCUT2D eigenvalue weighted by Gasteiger charge is 2.56. The Morgan fingerprint density at radius 2 is 1.73 bits per heavy atom. The molecule has 0 saturated carbocycles. The van der Waals surface area contributed by atoms with Crippen LogP contribution in [0.3, 0.4) is 0 Å². The van der Waals surface area contributed by atoms with E-state index in [4.69, 9.17) is 16.7 Å². The van der Waals surface area contributed by atoms with Crippen LogP contribution in [0.5, 0.6) is 0 Å². The number of urea groups is 1. The van der Waals surface area contributed by atoms with Crippen LogP contribution in [0, 0.1) is 0 Å². The van der Waals surface area contributed by atoms with Gasteiger partial charge < -0.3 is 14.9 Å². The van der Waals surface area contributed by atoms with E-state index in [9.17, 15) is 22.8 Å². The number of sulfone groups is 1. The third kappa shape index (κ3) is 4.13. The fraction of sp³-hybridized carbons (Fsp3) is 0.409. The highest BCUT2D eigenvalue weighted by molar-refractivity contribution is 7.91. The zero-order valence-electron chi connectivity index (χ0n) is 18.0. The van der Waals surface area contributed by atoms with E-state index in [0.29, 0.717) is 5.02 Å². The zero-order chi connectivity index (χ0) is 24.0. The maximum atomic E-state index is 13.1. The monoisotopic (exact) mass is 493 g/mol. The van der Waals surface area contributed by atoms with Crippen molar-refractivity contribution in [1.29, 1.82) is 0 Å². The van der Waals surface area contributed by atoms with Crippen LogP contribution in [-0.2, 0) is 14.6 Å². The van der Waals surface area contributed by atoms with Crippen molar-refractivity contribution in [2.45, 2.75) is 29.7 Å². The van der Waals surface area contributed by atoms with Crippen LogP contribution in [-0.4, -0.2) is 84.2 Å². The Morgan fingerprint density at radius 1 is 1.09 bits per heavy atom. The summed E-state index contributed by atoms with van der Waals surface area (Å²) in [6, 6.07) is 9.53. The predicted molar refractivity (Wildman–Crippen MR) is 122 cm³/mol. The van der Waals surface area contributed by atoms with Crippen molar-refractivity contribution in [1.82, 2.24) is 14.7 Å². The molecule has 2 fully saturated rings. The second-order valence-corrected chi connectivity index (χ2v) is 11.0. The number of piperidine rings is 1. The topological polar surface area (TPSA) is 115 Å². The minimum absolute atomic E-state index is 0.0190. The molecule has 33 heavy (non-hydrogen) atoms. The fourth-order valence-corrected chi connectivity index (χ4v) is 6.09. The number of hydrogen-bond donors (Lipinski definition) is 1. The molecular weight excluding hydrogens is 470 g/mol. The van der Waals surface area contributed by atoms with Crippen molar-refractivity contribution >= 4 is 50.2 Å². The average Bonchev–Trinajstić information content (AvgIpc) is 2.95. The number of halogens is 1. The van der Waals surface area contributed by atoms with Crippen LogP contribution in [0.4, 0.5) is 9.59 Å². The summed E-state index contributed by atoms with van der Waals surface area (Å²) >= 11 is 5.98. The van der Waals surface area contributed by atoms with Gasteiger partial charge in [0, 0.05) is 31.7 Å². The Hall–Kier alpha value is -2.85. The van der Waals surface area contributed by atoms with Crippen LogP contribution in [0.25, 0.3) is 10.8 Å². The number of likely N-dealkylation sites (tertiary alicyclic amines) is 1. The van der Waals surface area contributed by atoms with Crippen molar-refractivity contribution in [2.24, 2.45) is 0 Å². The minimum atomic E-state index is -3.62. The van der Waals surface area contributed by atoms with E-state index < -0.39 is 27.5 Å². The number of carbonyl (C=O) groups excluding carboxylic acids is 2. The molecule has 9 nitrogen and oxygen atoms in total. The maximum Gasteiger partial charge on any atom is 0.407 e. The molecule has 2 heterocycles. The Labute approximate surface area is 196 Å². The Morgan fingerprint density at radius 3 is 2.39 bits per heavy atom. The summed E-state index contributed by atoms with van der Waals surface area (Å²) in [5, 5.41) is 11.3. The molecule has 1 spiro atoms. The molecule has 2 aliphatic heterocycles. The van der Waals surface area contributed by atoms with E-state index >= 15 is 0 Å². The number of benzene rings is 2. The lowest BCUT2D eigenvalue weighted by molar-refractivity contribution is -0.135. The van der Waals surface area contributed by atoms with E-state index in [2.05, 4.69) is 0 Å². The molecule has 4 rings (SSSR count). The summed E-state index contributed by atoms with van der Waals surface area (Å²) in [6.07, 6.45) is -0.515. The van der Waals surface area contributed by atoms with Crippen LogP contribution >= 0.6 is 11.6 Å². The van der Waals surface area contributed by atoms with E-state index in [1.807, 2.05) is 0 Å². The summed E-state index contributed by atoms with van der Waals surface area (Å²) in [4.78, 5) is 40.9. The van der Waals surface area contributed by atoms with Gasteiger partial charge in [0.1, 0.15) is 5.54 Å². The second kappa shape index (κ2) is 8.49. The van der Waals surface area contributed by atoms with Crippen LogP contribution in [0.1, 0.15) is 19.3 Å².